The number of aromatic nitrogens is 2. The first-order valence-corrected chi connectivity index (χ1v) is 17.2. The Labute approximate surface area is 307 Å². The number of rotatable bonds is 15. The van der Waals surface area contributed by atoms with Gasteiger partial charge in [-0.15, -0.1) is 0 Å². The van der Waals surface area contributed by atoms with Gasteiger partial charge in [0.15, 0.2) is 6.23 Å². The van der Waals surface area contributed by atoms with Crippen LogP contribution in [0.25, 0.3) is 0 Å². The van der Waals surface area contributed by atoms with E-state index in [1.165, 1.54) is 10.8 Å². The van der Waals surface area contributed by atoms with E-state index in [9.17, 15) is 14.7 Å². The molecular weight excluding hydrogens is 678 g/mol. The summed E-state index contributed by atoms with van der Waals surface area (Å²) in [7, 11) is 4.76. The number of amides is 1. The molecule has 1 fully saturated rings. The molecule has 0 unspecified atom stereocenters. The van der Waals surface area contributed by atoms with Gasteiger partial charge < -0.3 is 38.8 Å². The van der Waals surface area contributed by atoms with E-state index in [4.69, 9.17) is 28.4 Å². The minimum atomic E-state index is -1.22. The molecule has 1 saturated heterocycles. The first-order chi connectivity index (χ1) is 25.8. The molecule has 4 atom stereocenters. The lowest BCUT2D eigenvalue weighted by Crippen LogP contribution is -2.41. The molecule has 276 valence electrons. The van der Waals surface area contributed by atoms with Gasteiger partial charge in [-0.1, -0.05) is 72.8 Å². The second-order valence-electron chi connectivity index (χ2n) is 12.5. The van der Waals surface area contributed by atoms with Gasteiger partial charge in [-0.25, -0.2) is 4.79 Å². The minimum absolute atomic E-state index is 0.110. The zero-order chi connectivity index (χ0) is 37.4. The molecule has 4 aromatic carbocycles. The monoisotopic (exact) mass is 721 g/mol. The molecule has 12 nitrogen and oxygen atoms in total. The average Bonchev–Trinajstić information content (AvgIpc) is 3.51. The zero-order valence-electron chi connectivity index (χ0n) is 30.0. The summed E-state index contributed by atoms with van der Waals surface area (Å²) in [5.41, 5.74) is 1.48. The van der Waals surface area contributed by atoms with Crippen molar-refractivity contribution in [3.8, 4) is 11.5 Å². The van der Waals surface area contributed by atoms with Crippen LogP contribution in [0.2, 0.25) is 0 Å². The Kier molecular flexibility index (Phi) is 12.0. The van der Waals surface area contributed by atoms with E-state index in [2.05, 4.69) is 10.3 Å². The van der Waals surface area contributed by atoms with E-state index < -0.39 is 41.7 Å². The molecule has 1 aliphatic rings. The fourth-order valence-electron chi connectivity index (χ4n) is 6.45. The maximum atomic E-state index is 13.6. The standard InChI is InChI=1S/C41H43N3O9/c1-27-25-44(40(47)43-37(27)42-38(46)28-11-7-5-8-12-28)39-36(51-24-23-48-2)35(45)34(53-39)26-52-41(29-13-9-6-10-14-29,30-15-19-32(49-3)20-16-30)31-17-21-33(50-4)22-18-31/h5-22,25,34-36,39,45H,23-24,26H2,1-4H3,(H,42,43,46,47)/t34-,35-,36-,39-/m1/s1. The van der Waals surface area contributed by atoms with Crippen LogP contribution in [-0.4, -0.2) is 80.0 Å². The number of aryl methyl sites for hydroxylation is 1. The number of aliphatic hydroxyl groups is 1. The largest absolute Gasteiger partial charge is 0.497 e. The number of nitrogens with one attached hydrogen (secondary N) is 1. The van der Waals surface area contributed by atoms with Crippen molar-refractivity contribution in [1.29, 1.82) is 0 Å². The number of aliphatic hydroxyl groups excluding tert-OH is 1. The third-order valence-electron chi connectivity index (χ3n) is 9.22. The molecule has 0 spiro atoms. The highest BCUT2D eigenvalue weighted by molar-refractivity contribution is 6.04. The summed E-state index contributed by atoms with van der Waals surface area (Å²) in [6, 6.07) is 33.6. The second kappa shape index (κ2) is 17.0. The summed E-state index contributed by atoms with van der Waals surface area (Å²) in [5, 5.41) is 14.5. The van der Waals surface area contributed by atoms with Gasteiger partial charge in [-0.2, -0.15) is 4.98 Å². The Morgan fingerprint density at radius 1 is 0.830 bits per heavy atom. The van der Waals surface area contributed by atoms with Crippen molar-refractivity contribution in [3.63, 3.8) is 0 Å². The van der Waals surface area contributed by atoms with Crippen molar-refractivity contribution in [2.24, 2.45) is 0 Å². The first kappa shape index (κ1) is 37.4. The molecule has 0 radical (unpaired) electrons. The number of nitrogens with zero attached hydrogens (tertiary/aromatic N) is 2. The molecule has 5 aromatic rings. The summed E-state index contributed by atoms with van der Waals surface area (Å²) < 4.78 is 37.0. The van der Waals surface area contributed by atoms with E-state index in [-0.39, 0.29) is 25.6 Å². The normalized spacial score (nSPS) is 18.4. The third-order valence-corrected chi connectivity index (χ3v) is 9.22. The molecule has 1 aliphatic heterocycles. The van der Waals surface area contributed by atoms with Gasteiger partial charge >= 0.3 is 5.69 Å². The van der Waals surface area contributed by atoms with Crippen molar-refractivity contribution in [3.05, 3.63) is 154 Å². The summed E-state index contributed by atoms with van der Waals surface area (Å²) >= 11 is 0. The van der Waals surface area contributed by atoms with Crippen LogP contribution >= 0.6 is 0 Å². The number of ether oxygens (including phenoxy) is 6. The van der Waals surface area contributed by atoms with E-state index >= 15 is 0 Å². The number of anilines is 1. The molecule has 0 bridgehead atoms. The second-order valence-corrected chi connectivity index (χ2v) is 12.5. The number of carbonyl (C=O) groups excluding carboxylic acids is 1. The van der Waals surface area contributed by atoms with Crippen LogP contribution in [0.5, 0.6) is 11.5 Å². The highest BCUT2D eigenvalue weighted by Crippen LogP contribution is 2.43. The van der Waals surface area contributed by atoms with E-state index in [1.54, 1.807) is 58.6 Å². The zero-order valence-corrected chi connectivity index (χ0v) is 30.0. The van der Waals surface area contributed by atoms with Crippen molar-refractivity contribution >= 4 is 11.7 Å². The Bertz CT molecular complexity index is 1960. The van der Waals surface area contributed by atoms with Crippen LogP contribution in [0.15, 0.2) is 120 Å². The Hall–Kier alpha value is -5.37. The van der Waals surface area contributed by atoms with Crippen LogP contribution in [0.4, 0.5) is 5.82 Å². The average molecular weight is 722 g/mol. The maximum Gasteiger partial charge on any atom is 0.351 e. The molecule has 0 saturated carbocycles. The SMILES string of the molecule is COCCO[C@@H]1[C@H](O)[C@@H](COC(c2ccccc2)(c2ccc(OC)cc2)c2ccc(OC)cc2)O[C@H]1n1cc(C)c(NC(=O)c2ccccc2)nc1=O. The quantitative estimate of drug-likeness (QED) is 0.111. The third kappa shape index (κ3) is 8.02. The predicted molar refractivity (Wildman–Crippen MR) is 197 cm³/mol. The van der Waals surface area contributed by atoms with Crippen molar-refractivity contribution in [2.45, 2.75) is 37.1 Å². The van der Waals surface area contributed by atoms with Gasteiger partial charge in [0.05, 0.1) is 34.0 Å². The minimum Gasteiger partial charge on any atom is -0.497 e. The molecule has 0 aliphatic carbocycles. The van der Waals surface area contributed by atoms with Crippen LogP contribution in [0.1, 0.15) is 38.8 Å². The lowest BCUT2D eigenvalue weighted by molar-refractivity contribution is -0.0994. The first-order valence-electron chi connectivity index (χ1n) is 17.2. The molecule has 53 heavy (non-hydrogen) atoms. The summed E-state index contributed by atoms with van der Waals surface area (Å²) in [6.45, 7) is 1.98. The summed E-state index contributed by atoms with van der Waals surface area (Å²) in [4.78, 5) is 30.6. The number of hydrogen-bond donors (Lipinski definition) is 2. The Morgan fingerprint density at radius 3 is 1.96 bits per heavy atom. The molecule has 6 rings (SSSR count). The maximum absolute atomic E-state index is 13.6. The van der Waals surface area contributed by atoms with Crippen LogP contribution < -0.4 is 20.5 Å². The Morgan fingerprint density at radius 2 is 1.40 bits per heavy atom. The van der Waals surface area contributed by atoms with E-state index in [0.717, 1.165) is 16.7 Å². The van der Waals surface area contributed by atoms with Gasteiger partial charge in [0.1, 0.15) is 41.2 Å². The number of benzene rings is 4. The van der Waals surface area contributed by atoms with Gasteiger partial charge in [0, 0.05) is 24.4 Å². The molecule has 2 heterocycles. The summed E-state index contributed by atoms with van der Waals surface area (Å²) in [6.07, 6.45) is -2.71. The van der Waals surface area contributed by atoms with Crippen LogP contribution in [-0.2, 0) is 24.5 Å². The molecular formula is C41H43N3O9. The number of methoxy groups -OCH3 is 3. The van der Waals surface area contributed by atoms with Gasteiger partial charge in [-0.05, 0) is 60.0 Å². The molecule has 2 N–H and O–H groups in total. The van der Waals surface area contributed by atoms with E-state index in [1.807, 2.05) is 78.9 Å². The highest BCUT2D eigenvalue weighted by atomic mass is 16.6. The Balaban J connectivity index is 1.35. The van der Waals surface area contributed by atoms with Crippen LogP contribution in [0, 0.1) is 6.92 Å². The molecule has 1 aromatic heterocycles. The fraction of sp³-hybridized carbons (Fsp3) is 0.293. The lowest BCUT2D eigenvalue weighted by Gasteiger charge is -2.37. The van der Waals surface area contributed by atoms with E-state index in [0.29, 0.717) is 22.6 Å². The van der Waals surface area contributed by atoms with Gasteiger partial charge in [-0.3, -0.25) is 9.36 Å². The fourth-order valence-corrected chi connectivity index (χ4v) is 6.45. The number of carbonyl (C=O) groups is 1. The molecule has 1 amide bonds. The van der Waals surface area contributed by atoms with Gasteiger partial charge in [0.25, 0.3) is 5.91 Å². The smallest absolute Gasteiger partial charge is 0.351 e. The molecule has 12 heteroatoms. The van der Waals surface area contributed by atoms with Crippen molar-refractivity contribution in [2.75, 3.05) is 46.5 Å². The number of hydrogen-bond acceptors (Lipinski definition) is 10. The summed E-state index contributed by atoms with van der Waals surface area (Å²) in [5.74, 6) is 1.07. The van der Waals surface area contributed by atoms with Gasteiger partial charge in [0.2, 0.25) is 0 Å². The lowest BCUT2D eigenvalue weighted by atomic mass is 9.80. The highest BCUT2D eigenvalue weighted by Gasteiger charge is 2.48. The van der Waals surface area contributed by atoms with Crippen molar-refractivity contribution < 1.29 is 38.3 Å². The van der Waals surface area contributed by atoms with Crippen LogP contribution in [0.3, 0.4) is 0 Å². The topological polar surface area (TPSA) is 140 Å². The van der Waals surface area contributed by atoms with Crippen molar-refractivity contribution in [1.82, 2.24) is 9.55 Å². The predicted octanol–water partition coefficient (Wildman–Crippen LogP) is 5.12.